The molecule has 2 aromatic carbocycles. The number of nitrogens with one attached hydrogen (secondary N) is 3. The van der Waals surface area contributed by atoms with Crippen LogP contribution in [-0.4, -0.2) is 31.2 Å². The van der Waals surface area contributed by atoms with Crippen LogP contribution in [0.5, 0.6) is 0 Å². The first-order chi connectivity index (χ1) is 16.3. The number of hydrogen-bond acceptors (Lipinski definition) is 5. The second kappa shape index (κ2) is 9.81. The van der Waals surface area contributed by atoms with E-state index in [1.807, 2.05) is 0 Å². The SMILES string of the molecule is C[C@@H](C(=O)NNC(=S)Nc1ccccc1F)n1nnc(-c2cc(C(F)(F)F)cc(C(F)(F)F)c2)n1. The van der Waals surface area contributed by atoms with E-state index in [0.717, 1.165) is 0 Å². The summed E-state index contributed by atoms with van der Waals surface area (Å²) in [6, 6.07) is 5.22. The van der Waals surface area contributed by atoms with E-state index in [1.54, 1.807) is 6.07 Å². The topological polar surface area (TPSA) is 96.8 Å². The average molecular weight is 521 g/mol. The molecule has 3 N–H and O–H groups in total. The fourth-order valence-electron chi connectivity index (χ4n) is 2.63. The van der Waals surface area contributed by atoms with Crippen LogP contribution in [-0.2, 0) is 17.1 Å². The molecule has 1 amide bonds. The molecule has 16 heteroatoms. The number of amides is 1. The minimum atomic E-state index is -5.06. The number of halogens is 7. The van der Waals surface area contributed by atoms with Crippen molar-refractivity contribution in [3.63, 3.8) is 0 Å². The molecule has 0 unspecified atom stereocenters. The van der Waals surface area contributed by atoms with Crippen LogP contribution in [0.15, 0.2) is 42.5 Å². The van der Waals surface area contributed by atoms with Gasteiger partial charge in [-0.2, -0.15) is 31.1 Å². The molecular weight excluding hydrogens is 507 g/mol. The van der Waals surface area contributed by atoms with Crippen LogP contribution in [0.25, 0.3) is 11.4 Å². The van der Waals surface area contributed by atoms with E-state index >= 15 is 0 Å². The highest BCUT2D eigenvalue weighted by molar-refractivity contribution is 7.80. The predicted octanol–water partition coefficient (Wildman–Crippen LogP) is 4.10. The van der Waals surface area contributed by atoms with Crippen molar-refractivity contribution in [2.45, 2.75) is 25.3 Å². The maximum atomic E-state index is 13.6. The Bertz CT molecular complexity index is 1210. The summed E-state index contributed by atoms with van der Waals surface area (Å²) in [5.41, 5.74) is 0.832. The summed E-state index contributed by atoms with van der Waals surface area (Å²) in [6.45, 7) is 1.28. The molecule has 0 spiro atoms. The Hall–Kier alpha value is -3.82. The summed E-state index contributed by atoms with van der Waals surface area (Å²) in [5, 5.41) is 13.0. The molecule has 0 fully saturated rings. The minimum Gasteiger partial charge on any atom is -0.329 e. The van der Waals surface area contributed by atoms with Crippen molar-refractivity contribution in [2.24, 2.45) is 0 Å². The van der Waals surface area contributed by atoms with Gasteiger partial charge in [0.1, 0.15) is 5.82 Å². The number of carbonyl (C=O) groups excluding carboxylic acids is 1. The maximum Gasteiger partial charge on any atom is 0.416 e. The van der Waals surface area contributed by atoms with Crippen LogP contribution >= 0.6 is 12.2 Å². The molecule has 1 heterocycles. The summed E-state index contributed by atoms with van der Waals surface area (Å²) in [5.74, 6) is -1.96. The maximum absolute atomic E-state index is 13.6. The van der Waals surface area contributed by atoms with Gasteiger partial charge in [-0.15, -0.1) is 10.2 Å². The molecule has 3 aromatic rings. The lowest BCUT2D eigenvalue weighted by atomic mass is 10.0. The Kier molecular flexibility index (Phi) is 7.23. The lowest BCUT2D eigenvalue weighted by Gasteiger charge is -2.14. The number of anilines is 1. The molecule has 0 saturated carbocycles. The first kappa shape index (κ1) is 25.8. The van der Waals surface area contributed by atoms with Crippen molar-refractivity contribution in [1.82, 2.24) is 31.1 Å². The van der Waals surface area contributed by atoms with Crippen molar-refractivity contribution < 1.29 is 35.5 Å². The highest BCUT2D eigenvalue weighted by atomic mass is 32.1. The van der Waals surface area contributed by atoms with Gasteiger partial charge in [0.2, 0.25) is 5.82 Å². The highest BCUT2D eigenvalue weighted by Crippen LogP contribution is 2.38. The van der Waals surface area contributed by atoms with Crippen LogP contribution in [0.1, 0.15) is 24.1 Å². The molecule has 0 saturated heterocycles. The number of para-hydroxylation sites is 1. The van der Waals surface area contributed by atoms with Gasteiger partial charge in [0.05, 0.1) is 16.8 Å². The predicted molar refractivity (Wildman–Crippen MR) is 112 cm³/mol. The Balaban J connectivity index is 1.72. The van der Waals surface area contributed by atoms with E-state index < -0.39 is 52.6 Å². The van der Waals surface area contributed by atoms with E-state index in [-0.39, 0.29) is 16.9 Å². The second-order valence-corrected chi connectivity index (χ2v) is 7.36. The van der Waals surface area contributed by atoms with E-state index in [4.69, 9.17) is 12.2 Å². The van der Waals surface area contributed by atoms with E-state index in [0.29, 0.717) is 16.9 Å². The van der Waals surface area contributed by atoms with Crippen LogP contribution in [0.2, 0.25) is 0 Å². The Morgan fingerprint density at radius 2 is 1.60 bits per heavy atom. The standard InChI is InChI=1S/C19H14F7N7OS/c1-9(16(34)29-30-17(35)27-14-5-3-2-4-13(14)20)33-31-15(28-32-33)10-6-11(18(21,22)23)8-12(7-10)19(24,25)26/h2-9H,1H3,(H,29,34)(H2,27,30,35)/t9-/m0/s1. The first-order valence-corrected chi connectivity index (χ1v) is 9.87. The van der Waals surface area contributed by atoms with Crippen LogP contribution in [0, 0.1) is 5.82 Å². The van der Waals surface area contributed by atoms with Crippen LogP contribution < -0.4 is 16.2 Å². The Labute approximate surface area is 197 Å². The quantitative estimate of drug-likeness (QED) is 0.270. The first-order valence-electron chi connectivity index (χ1n) is 9.46. The third kappa shape index (κ3) is 6.40. The molecule has 3 rings (SSSR count). The normalized spacial score (nSPS) is 12.7. The zero-order valence-electron chi connectivity index (χ0n) is 17.4. The minimum absolute atomic E-state index is 0.0338. The molecule has 1 atom stereocenters. The van der Waals surface area contributed by atoms with Gasteiger partial charge in [0.25, 0.3) is 5.91 Å². The zero-order chi connectivity index (χ0) is 26.0. The smallest absolute Gasteiger partial charge is 0.329 e. The Morgan fingerprint density at radius 1 is 1.00 bits per heavy atom. The monoisotopic (exact) mass is 521 g/mol. The molecule has 0 aliphatic heterocycles. The van der Waals surface area contributed by atoms with Gasteiger partial charge in [-0.25, -0.2) is 4.39 Å². The summed E-state index contributed by atoms with van der Waals surface area (Å²) in [6.07, 6.45) is -10.1. The highest BCUT2D eigenvalue weighted by Gasteiger charge is 2.37. The number of hydrazine groups is 1. The molecular formula is C19H14F7N7OS. The molecule has 8 nitrogen and oxygen atoms in total. The fraction of sp³-hybridized carbons (Fsp3) is 0.211. The number of benzene rings is 2. The van der Waals surface area contributed by atoms with Gasteiger partial charge in [-0.05, 0) is 54.7 Å². The molecule has 0 bridgehead atoms. The zero-order valence-corrected chi connectivity index (χ0v) is 18.2. The third-order valence-electron chi connectivity index (χ3n) is 4.42. The number of tetrazole rings is 1. The molecule has 1 aromatic heterocycles. The fourth-order valence-corrected chi connectivity index (χ4v) is 2.79. The van der Waals surface area contributed by atoms with E-state index in [2.05, 4.69) is 31.6 Å². The molecule has 0 radical (unpaired) electrons. The van der Waals surface area contributed by atoms with Crippen LogP contribution in [0.4, 0.5) is 36.4 Å². The third-order valence-corrected chi connectivity index (χ3v) is 4.63. The lowest BCUT2D eigenvalue weighted by molar-refractivity contribution is -0.143. The lowest BCUT2D eigenvalue weighted by Crippen LogP contribution is -2.46. The summed E-state index contributed by atoms with van der Waals surface area (Å²) in [4.78, 5) is 13.0. The molecule has 0 aliphatic rings. The molecule has 186 valence electrons. The van der Waals surface area contributed by atoms with Gasteiger partial charge in [-0.1, -0.05) is 12.1 Å². The number of hydrogen-bond donors (Lipinski definition) is 3. The van der Waals surface area contributed by atoms with Crippen molar-refractivity contribution in [2.75, 3.05) is 5.32 Å². The van der Waals surface area contributed by atoms with Crippen molar-refractivity contribution in [3.05, 3.63) is 59.4 Å². The van der Waals surface area contributed by atoms with Crippen molar-refractivity contribution >= 4 is 28.9 Å². The average Bonchev–Trinajstić information content (AvgIpc) is 3.27. The number of rotatable bonds is 4. The number of aromatic nitrogens is 4. The van der Waals surface area contributed by atoms with Gasteiger partial charge >= 0.3 is 12.4 Å². The van der Waals surface area contributed by atoms with Crippen molar-refractivity contribution in [3.8, 4) is 11.4 Å². The Morgan fingerprint density at radius 3 is 2.17 bits per heavy atom. The van der Waals surface area contributed by atoms with Gasteiger partial charge in [0, 0.05) is 5.56 Å². The largest absolute Gasteiger partial charge is 0.416 e. The van der Waals surface area contributed by atoms with Crippen LogP contribution in [0.3, 0.4) is 0 Å². The number of alkyl halides is 6. The van der Waals surface area contributed by atoms with Gasteiger partial charge < -0.3 is 5.32 Å². The van der Waals surface area contributed by atoms with Crippen molar-refractivity contribution in [1.29, 1.82) is 0 Å². The van der Waals surface area contributed by atoms with Gasteiger partial charge in [-0.3, -0.25) is 15.6 Å². The summed E-state index contributed by atoms with van der Waals surface area (Å²) >= 11 is 4.93. The number of carbonyl (C=O) groups is 1. The molecule has 35 heavy (non-hydrogen) atoms. The summed E-state index contributed by atoms with van der Waals surface area (Å²) < 4.78 is 92.1. The summed E-state index contributed by atoms with van der Waals surface area (Å²) in [7, 11) is 0. The molecule has 0 aliphatic carbocycles. The van der Waals surface area contributed by atoms with Gasteiger partial charge in [0.15, 0.2) is 11.2 Å². The van der Waals surface area contributed by atoms with E-state index in [1.165, 1.54) is 25.1 Å². The second-order valence-electron chi connectivity index (χ2n) is 6.95. The number of nitrogens with zero attached hydrogens (tertiary/aromatic N) is 4. The number of thiocarbonyl (C=S) groups is 1. The van der Waals surface area contributed by atoms with E-state index in [9.17, 15) is 35.5 Å².